The average Bonchev–Trinajstić information content (AvgIpc) is 3.97. The van der Waals surface area contributed by atoms with Crippen LogP contribution in [0, 0.1) is 0 Å². The van der Waals surface area contributed by atoms with E-state index in [-0.39, 0.29) is 12.0 Å². The zero-order chi connectivity index (χ0) is 46.8. The van der Waals surface area contributed by atoms with E-state index in [4.69, 9.17) is 0 Å². The molecule has 0 radical (unpaired) electrons. The lowest BCUT2D eigenvalue weighted by atomic mass is 9.91. The summed E-state index contributed by atoms with van der Waals surface area (Å²) in [5, 5.41) is 8.48. The molecule has 12 aromatic rings. The highest BCUT2D eigenvalue weighted by atomic mass is 15.2. The quantitative estimate of drug-likeness (QED) is 0.151. The molecular formula is C68H47N3. The van der Waals surface area contributed by atoms with Gasteiger partial charge in [0.2, 0.25) is 0 Å². The topological polar surface area (TPSA) is 11.4 Å². The van der Waals surface area contributed by atoms with E-state index in [9.17, 15) is 0 Å². The number of allylic oxidation sites excluding steroid dienone is 2. The van der Waals surface area contributed by atoms with E-state index in [0.717, 1.165) is 28.3 Å². The maximum Gasteiger partial charge on any atom is 0.0629 e. The molecule has 0 N–H and O–H groups in total. The van der Waals surface area contributed by atoms with Crippen LogP contribution < -0.4 is 9.80 Å². The maximum absolute atomic E-state index is 2.55. The van der Waals surface area contributed by atoms with Crippen LogP contribution in [0.1, 0.15) is 11.5 Å². The minimum atomic E-state index is 0.209. The minimum Gasteiger partial charge on any atom is -0.333 e. The first-order chi connectivity index (χ1) is 35.3. The molecule has 0 saturated carbocycles. The predicted molar refractivity (Wildman–Crippen MR) is 300 cm³/mol. The highest BCUT2D eigenvalue weighted by Gasteiger charge is 2.38. The number of benzene rings is 11. The molecule has 3 nitrogen and oxygen atoms in total. The molecule has 14 rings (SSSR count). The van der Waals surface area contributed by atoms with Gasteiger partial charge in [0.1, 0.15) is 0 Å². The summed E-state index contributed by atoms with van der Waals surface area (Å²) >= 11 is 0. The Morgan fingerprint density at radius 2 is 0.972 bits per heavy atom. The number of nitrogens with zero attached hydrogens (tertiary/aromatic N) is 3. The fraction of sp³-hybridized carbons (Fsp3) is 0.0294. The van der Waals surface area contributed by atoms with E-state index < -0.39 is 0 Å². The van der Waals surface area contributed by atoms with Crippen molar-refractivity contribution in [1.29, 1.82) is 0 Å². The summed E-state index contributed by atoms with van der Waals surface area (Å²) in [5.74, 6) is 0.230. The number of anilines is 5. The van der Waals surface area contributed by atoms with Crippen molar-refractivity contribution < 1.29 is 0 Å². The van der Waals surface area contributed by atoms with Crippen molar-refractivity contribution in [2.75, 3.05) is 9.80 Å². The summed E-state index contributed by atoms with van der Waals surface area (Å²) < 4.78 is 2.55. The molecule has 2 atom stereocenters. The summed E-state index contributed by atoms with van der Waals surface area (Å²) in [7, 11) is 0. The normalized spacial score (nSPS) is 14.9. The van der Waals surface area contributed by atoms with Gasteiger partial charge in [0.15, 0.2) is 0 Å². The summed E-state index contributed by atoms with van der Waals surface area (Å²) in [6.45, 7) is 0. The van der Waals surface area contributed by atoms with Gasteiger partial charge in [-0.1, -0.05) is 212 Å². The Hall–Kier alpha value is -9.18. The third-order valence-corrected chi connectivity index (χ3v) is 14.9. The summed E-state index contributed by atoms with van der Waals surface area (Å²) in [6.07, 6.45) is 9.12. The van der Waals surface area contributed by atoms with Crippen LogP contribution in [0.25, 0.3) is 82.4 Å². The van der Waals surface area contributed by atoms with Crippen LogP contribution in [0.15, 0.2) is 273 Å². The van der Waals surface area contributed by atoms with Gasteiger partial charge in [-0.2, -0.15) is 0 Å². The Morgan fingerprint density at radius 1 is 0.380 bits per heavy atom. The van der Waals surface area contributed by atoms with Gasteiger partial charge in [-0.3, -0.25) is 0 Å². The fourth-order valence-electron chi connectivity index (χ4n) is 11.8. The van der Waals surface area contributed by atoms with Crippen LogP contribution in [0.5, 0.6) is 0 Å². The highest BCUT2D eigenvalue weighted by Crippen LogP contribution is 2.52. The molecule has 71 heavy (non-hydrogen) atoms. The molecule has 11 aromatic carbocycles. The molecule has 0 fully saturated rings. The van der Waals surface area contributed by atoms with Crippen LogP contribution in [-0.2, 0) is 0 Å². The second-order valence-electron chi connectivity index (χ2n) is 18.8. The zero-order valence-electron chi connectivity index (χ0n) is 39.0. The number of para-hydroxylation sites is 1. The van der Waals surface area contributed by atoms with Gasteiger partial charge in [-0.15, -0.1) is 0 Å². The molecule has 3 heteroatoms. The maximum atomic E-state index is 2.55. The summed E-state index contributed by atoms with van der Waals surface area (Å²) in [4.78, 5) is 4.96. The van der Waals surface area contributed by atoms with E-state index in [0.29, 0.717) is 0 Å². The molecule has 1 aromatic heterocycles. The van der Waals surface area contributed by atoms with Gasteiger partial charge in [0.25, 0.3) is 0 Å². The molecule has 0 bridgehead atoms. The smallest absolute Gasteiger partial charge is 0.0629 e. The van der Waals surface area contributed by atoms with Gasteiger partial charge in [0, 0.05) is 55.8 Å². The first kappa shape index (κ1) is 40.8. The zero-order valence-corrected chi connectivity index (χ0v) is 39.0. The lowest BCUT2D eigenvalue weighted by Gasteiger charge is -2.29. The number of hydrogen-bond donors (Lipinski definition) is 0. The number of rotatable bonds is 8. The molecule has 0 spiro atoms. The van der Waals surface area contributed by atoms with Crippen LogP contribution in [0.3, 0.4) is 0 Å². The van der Waals surface area contributed by atoms with E-state index >= 15 is 0 Å². The summed E-state index contributed by atoms with van der Waals surface area (Å²) in [5.41, 5.74) is 16.6. The van der Waals surface area contributed by atoms with Gasteiger partial charge >= 0.3 is 0 Å². The first-order valence-electron chi connectivity index (χ1n) is 24.7. The number of aromatic nitrogens is 1. The summed E-state index contributed by atoms with van der Waals surface area (Å²) in [6, 6.07) is 91.7. The van der Waals surface area contributed by atoms with E-state index in [2.05, 4.69) is 287 Å². The van der Waals surface area contributed by atoms with Crippen molar-refractivity contribution in [3.8, 4) is 39.2 Å². The molecule has 2 heterocycles. The van der Waals surface area contributed by atoms with Gasteiger partial charge in [0.05, 0.1) is 28.6 Å². The van der Waals surface area contributed by atoms with Crippen molar-refractivity contribution in [2.24, 2.45) is 0 Å². The molecule has 0 amide bonds. The second kappa shape index (κ2) is 16.8. The third kappa shape index (κ3) is 6.65. The van der Waals surface area contributed by atoms with Gasteiger partial charge in [-0.25, -0.2) is 0 Å². The Bertz CT molecular complexity index is 4040. The Morgan fingerprint density at radius 3 is 1.73 bits per heavy atom. The number of fused-ring (bicyclic) bond motifs is 8. The van der Waals surface area contributed by atoms with Gasteiger partial charge < -0.3 is 14.4 Å². The largest absolute Gasteiger partial charge is 0.333 e. The Labute approximate surface area is 413 Å². The fourth-order valence-corrected chi connectivity index (χ4v) is 11.8. The highest BCUT2D eigenvalue weighted by molar-refractivity contribution is 6.20. The van der Waals surface area contributed by atoms with Gasteiger partial charge in [-0.05, 0) is 105 Å². The average molecular weight is 906 g/mol. The van der Waals surface area contributed by atoms with Crippen LogP contribution in [0.2, 0.25) is 0 Å². The van der Waals surface area contributed by atoms with E-state index in [1.54, 1.807) is 0 Å². The Balaban J connectivity index is 0.982. The first-order valence-corrected chi connectivity index (χ1v) is 24.7. The monoisotopic (exact) mass is 905 g/mol. The van der Waals surface area contributed by atoms with E-state index in [1.807, 2.05) is 0 Å². The standard InChI is InChI=1S/C68H47N3/c1-4-22-49(23-5-1)66-61-45-59(56-32-14-15-34-58(56)68(61)71(67(66)50-24-6-2-7-25-50)63-37-19-27-47-21-11-13-31-55(47)63)48-38-40-52(41-39-48)69(62-36-18-26-46-20-10-12-30-54(46)62)53-42-43-65-60(44-53)57-33-16-17-35-64(57)70(65)51-28-8-3-9-29-51/h1-45,57,64H. The van der Waals surface area contributed by atoms with Crippen molar-refractivity contribution in [2.45, 2.75) is 12.0 Å². The second-order valence-corrected chi connectivity index (χ2v) is 18.8. The molecule has 1 aliphatic heterocycles. The number of hydrogen-bond acceptors (Lipinski definition) is 2. The molecule has 2 aliphatic rings. The molecular weight excluding hydrogens is 859 g/mol. The lowest BCUT2D eigenvalue weighted by Crippen LogP contribution is -2.28. The molecule has 2 unspecified atom stereocenters. The predicted octanol–water partition coefficient (Wildman–Crippen LogP) is 18.3. The van der Waals surface area contributed by atoms with Crippen molar-refractivity contribution in [3.05, 3.63) is 279 Å². The van der Waals surface area contributed by atoms with E-state index in [1.165, 1.54) is 88.1 Å². The van der Waals surface area contributed by atoms with Crippen LogP contribution in [0.4, 0.5) is 28.4 Å². The third-order valence-electron chi connectivity index (χ3n) is 14.9. The van der Waals surface area contributed by atoms with Crippen molar-refractivity contribution in [1.82, 2.24) is 4.57 Å². The minimum absolute atomic E-state index is 0.209. The van der Waals surface area contributed by atoms with Crippen LogP contribution >= 0.6 is 0 Å². The SMILES string of the molecule is C1=CC2c3cc(N(c4ccc(-c5cc6c(-c7ccccc7)c(-c7ccccc7)n(-c7cccc8ccccc78)c6c6ccccc56)cc4)c4cccc5ccccc45)ccc3N(c3ccccc3)C2C=C1. The molecule has 0 saturated heterocycles. The molecule has 334 valence electrons. The van der Waals surface area contributed by atoms with Crippen LogP contribution in [-0.4, -0.2) is 10.6 Å². The Kier molecular flexibility index (Phi) is 9.67. The lowest BCUT2D eigenvalue weighted by molar-refractivity contribution is 0.745. The van der Waals surface area contributed by atoms with Crippen molar-refractivity contribution >= 4 is 71.7 Å². The molecule has 1 aliphatic carbocycles. The van der Waals surface area contributed by atoms with Crippen molar-refractivity contribution in [3.63, 3.8) is 0 Å².